The molecule has 17 heavy (non-hydrogen) atoms. The van der Waals surface area contributed by atoms with E-state index in [-0.39, 0.29) is 11.4 Å². The van der Waals surface area contributed by atoms with E-state index in [4.69, 9.17) is 4.74 Å². The number of nitrogens with one attached hydrogen (secondary N) is 2. The van der Waals surface area contributed by atoms with E-state index in [9.17, 15) is 4.39 Å². The number of hydrogen-bond donors (Lipinski definition) is 2. The van der Waals surface area contributed by atoms with E-state index >= 15 is 0 Å². The molecule has 4 heteroatoms. The molecule has 1 aromatic rings. The van der Waals surface area contributed by atoms with E-state index in [1.807, 2.05) is 0 Å². The van der Waals surface area contributed by atoms with E-state index in [2.05, 4.69) is 10.6 Å². The van der Waals surface area contributed by atoms with E-state index < -0.39 is 0 Å². The van der Waals surface area contributed by atoms with Crippen LogP contribution in [0, 0.1) is 5.82 Å². The number of hydrogen-bond acceptors (Lipinski definition) is 3. The molecule has 0 atom stereocenters. The molecule has 0 bridgehead atoms. The number of fused-ring (bicyclic) bond motifs is 1. The maximum absolute atomic E-state index is 13.6. The molecule has 3 nitrogen and oxygen atoms in total. The Morgan fingerprint density at radius 2 is 2.00 bits per heavy atom. The molecule has 1 heterocycles. The lowest BCUT2D eigenvalue weighted by Crippen LogP contribution is -2.45. The second kappa shape index (κ2) is 3.79. The lowest BCUT2D eigenvalue weighted by atomic mass is 9.94. The Morgan fingerprint density at radius 1 is 1.24 bits per heavy atom. The molecule has 1 aromatic carbocycles. The van der Waals surface area contributed by atoms with Crippen LogP contribution in [0.25, 0.3) is 0 Å². The van der Waals surface area contributed by atoms with Gasteiger partial charge < -0.3 is 15.4 Å². The summed E-state index contributed by atoms with van der Waals surface area (Å²) in [6.07, 6.45) is 4.89. The van der Waals surface area contributed by atoms with Gasteiger partial charge in [0, 0.05) is 18.7 Å². The average Bonchev–Trinajstić information content (AvgIpc) is 2.77. The first kappa shape index (κ1) is 10.7. The van der Waals surface area contributed by atoms with Crippen molar-refractivity contribution in [2.45, 2.75) is 31.2 Å². The summed E-state index contributed by atoms with van der Waals surface area (Å²) in [5.74, 6) is -0.0176. The Kier molecular flexibility index (Phi) is 2.38. The Bertz CT molecular complexity index is 441. The lowest BCUT2D eigenvalue weighted by Gasteiger charge is -2.37. The minimum absolute atomic E-state index is 0.163. The normalized spacial score (nSPS) is 20.6. The van der Waals surface area contributed by atoms with Crippen LogP contribution in [0.2, 0.25) is 0 Å². The minimum Gasteiger partial charge on any atom is -0.494 e. The third kappa shape index (κ3) is 1.72. The van der Waals surface area contributed by atoms with Crippen molar-refractivity contribution in [2.75, 3.05) is 24.3 Å². The fraction of sp³-hybridized carbons (Fsp3) is 0.538. The summed E-state index contributed by atoms with van der Waals surface area (Å²) in [4.78, 5) is 0. The van der Waals surface area contributed by atoms with Crippen LogP contribution in [0.3, 0.4) is 0 Å². The lowest BCUT2D eigenvalue weighted by molar-refractivity contribution is 0.386. The van der Waals surface area contributed by atoms with Gasteiger partial charge in [0.25, 0.3) is 0 Å². The van der Waals surface area contributed by atoms with Crippen LogP contribution in [-0.4, -0.2) is 19.2 Å². The summed E-state index contributed by atoms with van der Waals surface area (Å²) in [7, 11) is 1.49. The number of anilines is 2. The van der Waals surface area contributed by atoms with Crippen molar-refractivity contribution < 1.29 is 9.13 Å². The summed E-state index contributed by atoms with van der Waals surface area (Å²) in [6.45, 7) is 0.881. The van der Waals surface area contributed by atoms with E-state index in [0.717, 1.165) is 17.9 Å². The molecule has 1 spiro atoms. The average molecular weight is 236 g/mol. The van der Waals surface area contributed by atoms with E-state index in [1.54, 1.807) is 6.07 Å². The zero-order valence-electron chi connectivity index (χ0n) is 9.98. The van der Waals surface area contributed by atoms with Crippen molar-refractivity contribution in [2.24, 2.45) is 0 Å². The molecule has 2 N–H and O–H groups in total. The highest BCUT2D eigenvalue weighted by Gasteiger charge is 2.37. The highest BCUT2D eigenvalue weighted by Crippen LogP contribution is 2.41. The molecule has 0 radical (unpaired) electrons. The van der Waals surface area contributed by atoms with Gasteiger partial charge in [0.15, 0.2) is 11.6 Å². The Hall–Kier alpha value is -1.45. The predicted molar refractivity (Wildman–Crippen MR) is 66.3 cm³/mol. The second-order valence-electron chi connectivity index (χ2n) is 5.00. The number of benzene rings is 1. The van der Waals surface area contributed by atoms with E-state index in [0.29, 0.717) is 5.75 Å². The molecule has 0 amide bonds. The molecule has 1 fully saturated rings. The van der Waals surface area contributed by atoms with Gasteiger partial charge in [0.1, 0.15) is 0 Å². The first-order chi connectivity index (χ1) is 8.22. The molecule has 0 aromatic heterocycles. The monoisotopic (exact) mass is 236 g/mol. The van der Waals surface area contributed by atoms with Crippen LogP contribution in [-0.2, 0) is 0 Å². The molecule has 92 valence electrons. The maximum atomic E-state index is 13.6. The van der Waals surface area contributed by atoms with Gasteiger partial charge in [0.2, 0.25) is 0 Å². The highest BCUT2D eigenvalue weighted by atomic mass is 19.1. The quantitative estimate of drug-likeness (QED) is 0.786. The standard InChI is InChI=1S/C13H17FN2O/c1-17-12-7-11-10(6-9(12)14)15-8-13(16-11)4-2-3-5-13/h6-7,15-16H,2-5,8H2,1H3. The Labute approximate surface area is 100 Å². The van der Waals surface area contributed by atoms with Gasteiger partial charge in [-0.05, 0) is 12.8 Å². The van der Waals surface area contributed by atoms with Gasteiger partial charge in [-0.3, -0.25) is 0 Å². The number of ether oxygens (including phenoxy) is 1. The smallest absolute Gasteiger partial charge is 0.167 e. The van der Waals surface area contributed by atoms with Crippen LogP contribution < -0.4 is 15.4 Å². The Balaban J connectivity index is 1.95. The molecule has 2 aliphatic rings. The van der Waals surface area contributed by atoms with Gasteiger partial charge in [-0.2, -0.15) is 0 Å². The summed E-state index contributed by atoms with van der Waals surface area (Å²) in [5, 5.41) is 6.89. The molecule has 0 saturated heterocycles. The highest BCUT2D eigenvalue weighted by molar-refractivity contribution is 5.74. The fourth-order valence-electron chi connectivity index (χ4n) is 2.91. The number of methoxy groups -OCH3 is 1. The van der Waals surface area contributed by atoms with Crippen LogP contribution in [0.15, 0.2) is 12.1 Å². The zero-order valence-corrected chi connectivity index (χ0v) is 9.98. The van der Waals surface area contributed by atoms with Gasteiger partial charge in [-0.1, -0.05) is 12.8 Å². The van der Waals surface area contributed by atoms with E-state index in [1.165, 1.54) is 38.9 Å². The van der Waals surface area contributed by atoms with Crippen molar-refractivity contribution in [1.82, 2.24) is 0 Å². The first-order valence-electron chi connectivity index (χ1n) is 6.12. The van der Waals surface area contributed by atoms with Crippen molar-refractivity contribution in [1.29, 1.82) is 0 Å². The summed E-state index contributed by atoms with van der Waals surface area (Å²) < 4.78 is 18.6. The van der Waals surface area contributed by atoms with Gasteiger partial charge in [-0.25, -0.2) is 4.39 Å². The summed E-state index contributed by atoms with van der Waals surface area (Å²) >= 11 is 0. The van der Waals surface area contributed by atoms with Crippen molar-refractivity contribution in [3.05, 3.63) is 17.9 Å². The van der Waals surface area contributed by atoms with Gasteiger partial charge in [-0.15, -0.1) is 0 Å². The summed E-state index contributed by atoms with van der Waals surface area (Å²) in [5.41, 5.74) is 1.95. The molecule has 0 unspecified atom stereocenters. The van der Waals surface area contributed by atoms with Gasteiger partial charge >= 0.3 is 0 Å². The Morgan fingerprint density at radius 3 is 2.71 bits per heavy atom. The molecule has 1 aliphatic carbocycles. The molecular weight excluding hydrogens is 219 g/mol. The van der Waals surface area contributed by atoms with Crippen LogP contribution >= 0.6 is 0 Å². The summed E-state index contributed by atoms with van der Waals surface area (Å²) in [6, 6.07) is 3.25. The minimum atomic E-state index is -0.317. The predicted octanol–water partition coefficient (Wildman–Crippen LogP) is 2.98. The second-order valence-corrected chi connectivity index (χ2v) is 5.00. The maximum Gasteiger partial charge on any atom is 0.167 e. The molecule has 3 rings (SSSR count). The van der Waals surface area contributed by atoms with Crippen LogP contribution in [0.5, 0.6) is 5.75 Å². The van der Waals surface area contributed by atoms with Gasteiger partial charge in [0.05, 0.1) is 24.0 Å². The largest absolute Gasteiger partial charge is 0.494 e. The van der Waals surface area contributed by atoms with Crippen molar-refractivity contribution in [3.63, 3.8) is 0 Å². The molecular formula is C13H17FN2O. The van der Waals surface area contributed by atoms with Crippen molar-refractivity contribution >= 4 is 11.4 Å². The first-order valence-corrected chi connectivity index (χ1v) is 6.12. The molecule has 1 aliphatic heterocycles. The van der Waals surface area contributed by atoms with Crippen molar-refractivity contribution in [3.8, 4) is 5.75 Å². The third-order valence-corrected chi connectivity index (χ3v) is 3.87. The zero-order chi connectivity index (χ0) is 11.9. The molecule has 1 saturated carbocycles. The third-order valence-electron chi connectivity index (χ3n) is 3.87. The van der Waals surface area contributed by atoms with Crippen LogP contribution in [0.1, 0.15) is 25.7 Å². The number of halogens is 1. The van der Waals surface area contributed by atoms with Crippen LogP contribution in [0.4, 0.5) is 15.8 Å². The topological polar surface area (TPSA) is 33.3 Å². The SMILES string of the molecule is COc1cc2c(cc1F)NCC1(CCCC1)N2. The number of rotatable bonds is 1. The fourth-order valence-corrected chi connectivity index (χ4v) is 2.91.